The second-order valence-corrected chi connectivity index (χ2v) is 10.5. The second-order valence-electron chi connectivity index (χ2n) is 8.15. The van der Waals surface area contributed by atoms with Crippen LogP contribution < -0.4 is 9.64 Å². The van der Waals surface area contributed by atoms with Gasteiger partial charge in [0, 0.05) is 55.9 Å². The zero-order valence-corrected chi connectivity index (χ0v) is 19.7. The Morgan fingerprint density at radius 2 is 1.62 bits per heavy atom. The molecule has 0 spiro atoms. The number of piperazine rings is 1. The van der Waals surface area contributed by atoms with Gasteiger partial charge >= 0.3 is 0 Å². The van der Waals surface area contributed by atoms with Gasteiger partial charge in [0.25, 0.3) is 0 Å². The Morgan fingerprint density at radius 1 is 0.969 bits per heavy atom. The van der Waals surface area contributed by atoms with E-state index in [4.69, 9.17) is 16.3 Å². The van der Waals surface area contributed by atoms with E-state index in [0.717, 1.165) is 18.8 Å². The van der Waals surface area contributed by atoms with Gasteiger partial charge in [-0.05, 0) is 55.3 Å². The first kappa shape index (κ1) is 22.9. The molecule has 0 aromatic heterocycles. The van der Waals surface area contributed by atoms with Crippen molar-refractivity contribution in [2.24, 2.45) is 5.92 Å². The molecular weight excluding hydrogens is 450 g/mol. The van der Waals surface area contributed by atoms with Crippen molar-refractivity contribution in [2.45, 2.75) is 17.7 Å². The van der Waals surface area contributed by atoms with Gasteiger partial charge in [0.2, 0.25) is 15.9 Å². The third-order valence-electron chi connectivity index (χ3n) is 6.27. The number of nitrogens with zero attached hydrogens (tertiary/aromatic N) is 3. The predicted molar refractivity (Wildman–Crippen MR) is 125 cm³/mol. The lowest BCUT2D eigenvalue weighted by molar-refractivity contribution is -0.137. The van der Waals surface area contributed by atoms with Crippen molar-refractivity contribution in [3.8, 4) is 5.75 Å². The lowest BCUT2D eigenvalue weighted by atomic mass is 9.96. The van der Waals surface area contributed by atoms with Crippen LogP contribution in [0.5, 0.6) is 5.75 Å². The molecule has 2 aliphatic rings. The molecule has 2 saturated heterocycles. The SMILES string of the molecule is COc1ccc(S(=O)(=O)N2CCC(C(=O)N3CCN(c4cccc(Cl)c4)CC3)CC2)cc1. The van der Waals surface area contributed by atoms with Crippen LogP contribution in [0.1, 0.15) is 12.8 Å². The highest BCUT2D eigenvalue weighted by Gasteiger charge is 2.34. The molecule has 0 atom stereocenters. The zero-order chi connectivity index (χ0) is 22.7. The maximum Gasteiger partial charge on any atom is 0.243 e. The second kappa shape index (κ2) is 9.68. The van der Waals surface area contributed by atoms with Gasteiger partial charge in [-0.1, -0.05) is 17.7 Å². The predicted octanol–water partition coefficient (Wildman–Crippen LogP) is 3.10. The van der Waals surface area contributed by atoms with Crippen LogP contribution in [-0.4, -0.2) is 69.9 Å². The molecule has 7 nitrogen and oxygen atoms in total. The standard InChI is InChI=1S/C23H28ClN3O4S/c1-31-21-5-7-22(8-6-21)32(29,30)27-11-9-18(10-12-27)23(28)26-15-13-25(14-16-26)20-4-2-3-19(24)17-20/h2-8,17-18H,9-16H2,1H3. The number of ether oxygens (including phenoxy) is 1. The summed E-state index contributed by atoms with van der Waals surface area (Å²) >= 11 is 6.10. The number of carbonyl (C=O) groups excluding carboxylic acids is 1. The van der Waals surface area contributed by atoms with Crippen LogP contribution in [0.25, 0.3) is 0 Å². The Bertz CT molecular complexity index is 1050. The molecule has 0 unspecified atom stereocenters. The maximum atomic E-state index is 13.1. The molecule has 2 fully saturated rings. The average molecular weight is 478 g/mol. The van der Waals surface area contributed by atoms with Gasteiger partial charge in [0.1, 0.15) is 5.75 Å². The van der Waals surface area contributed by atoms with Crippen molar-refractivity contribution in [1.29, 1.82) is 0 Å². The number of sulfonamides is 1. The van der Waals surface area contributed by atoms with E-state index in [1.165, 1.54) is 4.31 Å². The van der Waals surface area contributed by atoms with Crippen molar-refractivity contribution in [2.75, 3.05) is 51.3 Å². The third kappa shape index (κ3) is 4.87. The lowest BCUT2D eigenvalue weighted by Crippen LogP contribution is -2.52. The first-order valence-corrected chi connectivity index (χ1v) is 12.6. The molecule has 2 aliphatic heterocycles. The van der Waals surface area contributed by atoms with Crippen molar-refractivity contribution in [3.05, 3.63) is 53.6 Å². The van der Waals surface area contributed by atoms with Crippen molar-refractivity contribution in [3.63, 3.8) is 0 Å². The summed E-state index contributed by atoms with van der Waals surface area (Å²) in [7, 11) is -2.02. The van der Waals surface area contributed by atoms with E-state index in [-0.39, 0.29) is 16.7 Å². The van der Waals surface area contributed by atoms with E-state index in [1.807, 2.05) is 29.2 Å². The van der Waals surface area contributed by atoms with Crippen LogP contribution in [0.15, 0.2) is 53.4 Å². The minimum absolute atomic E-state index is 0.130. The molecule has 0 radical (unpaired) electrons. The Morgan fingerprint density at radius 3 is 2.22 bits per heavy atom. The van der Waals surface area contributed by atoms with E-state index in [9.17, 15) is 13.2 Å². The average Bonchev–Trinajstić information content (AvgIpc) is 2.84. The summed E-state index contributed by atoms with van der Waals surface area (Å²) in [5.74, 6) is 0.621. The number of benzene rings is 2. The van der Waals surface area contributed by atoms with E-state index in [2.05, 4.69) is 4.90 Å². The Hall–Kier alpha value is -2.29. The van der Waals surface area contributed by atoms with Gasteiger partial charge in [-0.3, -0.25) is 4.79 Å². The minimum Gasteiger partial charge on any atom is -0.497 e. The summed E-state index contributed by atoms with van der Waals surface area (Å²) < 4.78 is 32.5. The largest absolute Gasteiger partial charge is 0.497 e. The Kier molecular flexibility index (Phi) is 6.93. The third-order valence-corrected chi connectivity index (χ3v) is 8.41. The highest BCUT2D eigenvalue weighted by Crippen LogP contribution is 2.27. The Balaban J connectivity index is 1.31. The fourth-order valence-corrected chi connectivity index (χ4v) is 6.01. The lowest BCUT2D eigenvalue weighted by Gasteiger charge is -2.39. The quantitative estimate of drug-likeness (QED) is 0.661. The monoisotopic (exact) mass is 477 g/mol. The maximum absolute atomic E-state index is 13.1. The molecule has 2 heterocycles. The highest BCUT2D eigenvalue weighted by atomic mass is 35.5. The Labute approximate surface area is 194 Å². The van der Waals surface area contributed by atoms with E-state index >= 15 is 0 Å². The van der Waals surface area contributed by atoms with E-state index in [1.54, 1.807) is 31.4 Å². The fraction of sp³-hybridized carbons (Fsp3) is 0.435. The summed E-state index contributed by atoms with van der Waals surface area (Å²) in [6, 6.07) is 14.2. The normalized spacial score (nSPS) is 18.6. The topological polar surface area (TPSA) is 70.2 Å². The van der Waals surface area contributed by atoms with Crippen LogP contribution in [0.4, 0.5) is 5.69 Å². The smallest absolute Gasteiger partial charge is 0.243 e. The van der Waals surface area contributed by atoms with Crippen LogP contribution >= 0.6 is 11.6 Å². The van der Waals surface area contributed by atoms with Gasteiger partial charge in [-0.15, -0.1) is 0 Å². The van der Waals surface area contributed by atoms with Gasteiger partial charge in [0.15, 0.2) is 0 Å². The highest BCUT2D eigenvalue weighted by molar-refractivity contribution is 7.89. The molecular formula is C23H28ClN3O4S. The number of piperidine rings is 1. The number of carbonyl (C=O) groups is 1. The van der Waals surface area contributed by atoms with Gasteiger partial charge in [-0.25, -0.2) is 8.42 Å². The molecule has 0 saturated carbocycles. The number of rotatable bonds is 5. The first-order chi connectivity index (χ1) is 15.4. The van der Waals surface area contributed by atoms with Crippen molar-refractivity contribution < 1.29 is 17.9 Å². The molecule has 32 heavy (non-hydrogen) atoms. The molecule has 2 aromatic carbocycles. The molecule has 0 bridgehead atoms. The molecule has 1 amide bonds. The molecule has 0 N–H and O–H groups in total. The van der Waals surface area contributed by atoms with E-state index in [0.29, 0.717) is 49.8 Å². The molecule has 4 rings (SSSR count). The van der Waals surface area contributed by atoms with Gasteiger partial charge in [0.05, 0.1) is 12.0 Å². The van der Waals surface area contributed by atoms with Gasteiger partial charge in [-0.2, -0.15) is 4.31 Å². The molecule has 9 heteroatoms. The fourth-order valence-electron chi connectivity index (χ4n) is 4.36. The summed E-state index contributed by atoms with van der Waals surface area (Å²) in [5, 5.41) is 0.706. The number of hydrogen-bond acceptors (Lipinski definition) is 5. The summed E-state index contributed by atoms with van der Waals surface area (Å²) in [5.41, 5.74) is 1.07. The van der Waals surface area contributed by atoms with Crippen LogP contribution in [0.3, 0.4) is 0 Å². The number of halogens is 1. The van der Waals surface area contributed by atoms with Crippen LogP contribution in [0, 0.1) is 5.92 Å². The summed E-state index contributed by atoms with van der Waals surface area (Å²) in [6.45, 7) is 3.56. The number of methoxy groups -OCH3 is 1. The van der Waals surface area contributed by atoms with Crippen molar-refractivity contribution in [1.82, 2.24) is 9.21 Å². The molecule has 2 aromatic rings. The number of amides is 1. The van der Waals surface area contributed by atoms with E-state index < -0.39 is 10.0 Å². The summed E-state index contributed by atoms with van der Waals surface area (Å²) in [4.78, 5) is 17.5. The van der Waals surface area contributed by atoms with Gasteiger partial charge < -0.3 is 14.5 Å². The van der Waals surface area contributed by atoms with Crippen molar-refractivity contribution >= 4 is 33.2 Å². The van der Waals surface area contributed by atoms with Crippen LogP contribution in [-0.2, 0) is 14.8 Å². The minimum atomic E-state index is -3.57. The number of hydrogen-bond donors (Lipinski definition) is 0. The molecule has 0 aliphatic carbocycles. The first-order valence-electron chi connectivity index (χ1n) is 10.8. The number of anilines is 1. The summed E-state index contributed by atoms with van der Waals surface area (Å²) in [6.07, 6.45) is 1.09. The van der Waals surface area contributed by atoms with Crippen LogP contribution in [0.2, 0.25) is 5.02 Å². The zero-order valence-electron chi connectivity index (χ0n) is 18.1. The molecule has 172 valence electrons.